The highest BCUT2D eigenvalue weighted by Crippen LogP contribution is 2.24. The van der Waals surface area contributed by atoms with Crippen molar-refractivity contribution in [1.82, 2.24) is 5.32 Å². The number of nitrogens with one attached hydrogen (secondary N) is 1. The molecular weight excluding hydrogens is 272 g/mol. The smallest absolute Gasteiger partial charge is 0.270 e. The zero-order valence-corrected chi connectivity index (χ0v) is 12.7. The van der Waals surface area contributed by atoms with E-state index in [2.05, 4.69) is 12.2 Å². The van der Waals surface area contributed by atoms with E-state index in [-0.39, 0.29) is 23.2 Å². The maximum absolute atomic E-state index is 12.2. The van der Waals surface area contributed by atoms with Crippen molar-refractivity contribution in [2.75, 3.05) is 7.11 Å². The van der Waals surface area contributed by atoms with Gasteiger partial charge in [0.2, 0.25) is 0 Å². The molecule has 1 N–H and O–H groups in total. The highest BCUT2D eigenvalue weighted by molar-refractivity contribution is 5.97. The van der Waals surface area contributed by atoms with Crippen LogP contribution in [-0.2, 0) is 0 Å². The molecule has 6 nitrogen and oxygen atoms in total. The maximum atomic E-state index is 12.2. The summed E-state index contributed by atoms with van der Waals surface area (Å²) >= 11 is 0. The topological polar surface area (TPSA) is 81.5 Å². The lowest BCUT2D eigenvalue weighted by Gasteiger charge is -2.15. The van der Waals surface area contributed by atoms with Gasteiger partial charge in [0, 0.05) is 18.2 Å². The molecule has 0 aromatic heterocycles. The second kappa shape index (κ2) is 8.24. The lowest BCUT2D eigenvalue weighted by Crippen LogP contribution is -2.32. The van der Waals surface area contributed by atoms with Gasteiger partial charge in [-0.2, -0.15) is 0 Å². The second-order valence-electron chi connectivity index (χ2n) is 5.01. The summed E-state index contributed by atoms with van der Waals surface area (Å²) in [6, 6.07) is 4.02. The van der Waals surface area contributed by atoms with E-state index in [9.17, 15) is 14.9 Å². The molecule has 1 rings (SSSR count). The third kappa shape index (κ3) is 5.06. The Balaban J connectivity index is 2.80. The number of amides is 1. The van der Waals surface area contributed by atoms with Crippen molar-refractivity contribution in [3.8, 4) is 5.75 Å². The number of benzene rings is 1. The van der Waals surface area contributed by atoms with Crippen LogP contribution in [0.3, 0.4) is 0 Å². The number of rotatable bonds is 8. The minimum absolute atomic E-state index is 0.0213. The molecule has 0 radical (unpaired) electrons. The Hall–Kier alpha value is -2.11. The monoisotopic (exact) mass is 294 g/mol. The van der Waals surface area contributed by atoms with Gasteiger partial charge in [0.15, 0.2) is 0 Å². The molecule has 6 heteroatoms. The number of carbonyl (C=O) groups is 1. The third-order valence-corrected chi connectivity index (χ3v) is 3.26. The summed E-state index contributed by atoms with van der Waals surface area (Å²) in [6.07, 6.45) is 4.18. The van der Waals surface area contributed by atoms with Crippen molar-refractivity contribution in [3.63, 3.8) is 0 Å². The van der Waals surface area contributed by atoms with Gasteiger partial charge < -0.3 is 10.1 Å². The lowest BCUT2D eigenvalue weighted by molar-refractivity contribution is -0.384. The summed E-state index contributed by atoms with van der Waals surface area (Å²) in [5.74, 6) is -0.0154. The molecule has 1 aromatic carbocycles. The highest BCUT2D eigenvalue weighted by Gasteiger charge is 2.18. The van der Waals surface area contributed by atoms with Crippen LogP contribution in [-0.4, -0.2) is 24.0 Å². The summed E-state index contributed by atoms with van der Waals surface area (Å²) in [5, 5.41) is 13.7. The van der Waals surface area contributed by atoms with Crippen LogP contribution in [0.15, 0.2) is 18.2 Å². The normalized spacial score (nSPS) is 11.8. The number of nitrogens with zero attached hydrogens (tertiary/aromatic N) is 1. The van der Waals surface area contributed by atoms with E-state index in [0.29, 0.717) is 5.75 Å². The molecule has 1 atom stereocenters. The molecule has 1 aromatic rings. The van der Waals surface area contributed by atoms with Gasteiger partial charge >= 0.3 is 0 Å². The van der Waals surface area contributed by atoms with E-state index >= 15 is 0 Å². The van der Waals surface area contributed by atoms with Crippen molar-refractivity contribution in [3.05, 3.63) is 33.9 Å². The fourth-order valence-corrected chi connectivity index (χ4v) is 2.06. The molecule has 0 bridgehead atoms. The van der Waals surface area contributed by atoms with Crippen LogP contribution < -0.4 is 10.1 Å². The molecule has 116 valence electrons. The summed E-state index contributed by atoms with van der Waals surface area (Å²) in [5.41, 5.74) is 0.0635. The Morgan fingerprint density at radius 3 is 2.71 bits per heavy atom. The molecule has 21 heavy (non-hydrogen) atoms. The van der Waals surface area contributed by atoms with Crippen LogP contribution >= 0.6 is 0 Å². The molecule has 0 spiro atoms. The van der Waals surface area contributed by atoms with Crippen molar-refractivity contribution in [1.29, 1.82) is 0 Å². The average molecular weight is 294 g/mol. The van der Waals surface area contributed by atoms with Gasteiger partial charge in [0.1, 0.15) is 5.75 Å². The Morgan fingerprint density at radius 1 is 1.43 bits per heavy atom. The highest BCUT2D eigenvalue weighted by atomic mass is 16.6. The number of carbonyl (C=O) groups excluding carboxylic acids is 1. The molecule has 0 unspecified atom stereocenters. The summed E-state index contributed by atoms with van der Waals surface area (Å²) in [6.45, 7) is 4.05. The van der Waals surface area contributed by atoms with E-state index in [1.165, 1.54) is 25.3 Å². The predicted molar refractivity (Wildman–Crippen MR) is 80.7 cm³/mol. The number of hydrogen-bond acceptors (Lipinski definition) is 4. The number of nitro groups is 1. The Labute approximate surface area is 124 Å². The SMILES string of the molecule is CCCCC[C@@H](C)NC(=O)c1cc([N+](=O)[O-])ccc1OC. The van der Waals surface area contributed by atoms with E-state index < -0.39 is 4.92 Å². The van der Waals surface area contributed by atoms with E-state index in [4.69, 9.17) is 4.74 Å². The van der Waals surface area contributed by atoms with Gasteiger partial charge in [-0.1, -0.05) is 26.2 Å². The first-order chi connectivity index (χ1) is 9.99. The number of non-ortho nitro benzene ring substituents is 1. The molecular formula is C15H22N2O4. The summed E-state index contributed by atoms with van der Waals surface area (Å²) in [7, 11) is 1.43. The fraction of sp³-hybridized carbons (Fsp3) is 0.533. The quantitative estimate of drug-likeness (QED) is 0.453. The Morgan fingerprint density at radius 2 is 2.14 bits per heavy atom. The van der Waals surface area contributed by atoms with E-state index in [0.717, 1.165) is 25.7 Å². The third-order valence-electron chi connectivity index (χ3n) is 3.26. The molecule has 0 heterocycles. The standard InChI is InChI=1S/C15H22N2O4/c1-4-5-6-7-11(2)16-15(18)13-10-12(17(19)20)8-9-14(13)21-3/h8-11H,4-7H2,1-3H3,(H,16,18)/t11-/m1/s1. The number of ether oxygens (including phenoxy) is 1. The van der Waals surface area contributed by atoms with Crippen molar-refractivity contribution < 1.29 is 14.5 Å². The molecule has 0 aliphatic carbocycles. The van der Waals surface area contributed by atoms with E-state index in [1.54, 1.807) is 0 Å². The maximum Gasteiger partial charge on any atom is 0.270 e. The molecule has 0 fully saturated rings. The van der Waals surface area contributed by atoms with Gasteiger partial charge in [-0.3, -0.25) is 14.9 Å². The Bertz CT molecular complexity index is 502. The minimum Gasteiger partial charge on any atom is -0.496 e. The van der Waals surface area contributed by atoms with Gasteiger partial charge in [-0.15, -0.1) is 0 Å². The molecule has 1 amide bonds. The molecule has 0 aliphatic heterocycles. The average Bonchev–Trinajstić information content (AvgIpc) is 2.46. The van der Waals surface area contributed by atoms with Crippen LogP contribution in [0, 0.1) is 10.1 Å². The number of hydrogen-bond donors (Lipinski definition) is 1. The van der Waals surface area contributed by atoms with Crippen LogP contribution in [0.1, 0.15) is 49.9 Å². The van der Waals surface area contributed by atoms with Crippen molar-refractivity contribution in [2.24, 2.45) is 0 Å². The van der Waals surface area contributed by atoms with Crippen LogP contribution in [0.2, 0.25) is 0 Å². The van der Waals surface area contributed by atoms with Crippen molar-refractivity contribution >= 4 is 11.6 Å². The van der Waals surface area contributed by atoms with Gasteiger partial charge in [0.05, 0.1) is 17.6 Å². The molecule has 0 saturated carbocycles. The van der Waals surface area contributed by atoms with Gasteiger partial charge in [-0.25, -0.2) is 0 Å². The minimum atomic E-state index is -0.527. The number of methoxy groups -OCH3 is 1. The Kier molecular flexibility index (Phi) is 6.65. The predicted octanol–water partition coefficient (Wildman–Crippen LogP) is 3.30. The van der Waals surface area contributed by atoms with Gasteiger partial charge in [-0.05, 0) is 19.4 Å². The number of nitro benzene ring substituents is 1. The summed E-state index contributed by atoms with van der Waals surface area (Å²) < 4.78 is 5.10. The van der Waals surface area contributed by atoms with Crippen molar-refractivity contribution in [2.45, 2.75) is 45.6 Å². The first kappa shape index (κ1) is 16.9. The fourth-order valence-electron chi connectivity index (χ4n) is 2.06. The first-order valence-electron chi connectivity index (χ1n) is 7.12. The van der Waals surface area contributed by atoms with Gasteiger partial charge in [0.25, 0.3) is 11.6 Å². The number of unbranched alkanes of at least 4 members (excludes halogenated alkanes) is 2. The molecule has 0 aliphatic rings. The largest absolute Gasteiger partial charge is 0.496 e. The van der Waals surface area contributed by atoms with Crippen LogP contribution in [0.5, 0.6) is 5.75 Å². The first-order valence-corrected chi connectivity index (χ1v) is 7.12. The lowest BCUT2D eigenvalue weighted by atomic mass is 10.1. The molecule has 0 saturated heterocycles. The zero-order chi connectivity index (χ0) is 15.8. The summed E-state index contributed by atoms with van der Waals surface area (Å²) in [4.78, 5) is 22.5. The van der Waals surface area contributed by atoms with Crippen LogP contribution in [0.4, 0.5) is 5.69 Å². The van der Waals surface area contributed by atoms with Crippen LogP contribution in [0.25, 0.3) is 0 Å². The zero-order valence-electron chi connectivity index (χ0n) is 12.7. The second-order valence-corrected chi connectivity index (χ2v) is 5.01. The van der Waals surface area contributed by atoms with E-state index in [1.807, 2.05) is 6.92 Å².